The van der Waals surface area contributed by atoms with Crippen molar-refractivity contribution in [1.82, 2.24) is 0 Å². The molecule has 0 saturated carbocycles. The summed E-state index contributed by atoms with van der Waals surface area (Å²) in [5.74, 6) is -0.306. The Hall–Kier alpha value is -1.68. The average Bonchev–Trinajstić information content (AvgIpc) is 2.54. The van der Waals surface area contributed by atoms with Gasteiger partial charge in [0.2, 0.25) is 0 Å². The van der Waals surface area contributed by atoms with Crippen molar-refractivity contribution in [1.29, 1.82) is 0 Å². The smallest absolute Gasteiger partial charge is 0.375 e. The topological polar surface area (TPSA) is 131 Å². The van der Waals surface area contributed by atoms with E-state index in [4.69, 9.17) is 19.6 Å². The molecule has 4 atom stereocenters. The van der Waals surface area contributed by atoms with E-state index in [0.717, 1.165) is 5.56 Å². The van der Waals surface area contributed by atoms with Gasteiger partial charge in [-0.1, -0.05) is 42.4 Å². The maximum Gasteiger partial charge on any atom is 0.397 e. The number of hydrogen-bond donors (Lipinski definition) is 1. The molecule has 132 valence electrons. The Balaban J connectivity index is 2.04. The summed E-state index contributed by atoms with van der Waals surface area (Å²) in [7, 11) is -4.55. The van der Waals surface area contributed by atoms with Crippen molar-refractivity contribution >= 4 is 10.4 Å². The first kappa shape index (κ1) is 18.7. The lowest BCUT2D eigenvalue weighted by molar-refractivity contribution is -0.136. The molecule has 0 aliphatic carbocycles. The summed E-state index contributed by atoms with van der Waals surface area (Å²) in [6, 6.07) is 8.96. The van der Waals surface area contributed by atoms with Crippen molar-refractivity contribution in [2.24, 2.45) is 11.0 Å². The lowest BCUT2D eigenvalue weighted by Gasteiger charge is -2.39. The van der Waals surface area contributed by atoms with E-state index in [1.165, 1.54) is 0 Å². The SMILES string of the molecule is C[C@@H]1C(COS(=O)(=O)O)OCC(N=[N+]=[N-])C1OCc1ccccc1. The maximum absolute atomic E-state index is 10.7. The zero-order chi connectivity index (χ0) is 17.6. The van der Waals surface area contributed by atoms with Crippen molar-refractivity contribution in [3.8, 4) is 0 Å². The lowest BCUT2D eigenvalue weighted by Crippen LogP contribution is -2.50. The van der Waals surface area contributed by atoms with E-state index in [1.807, 2.05) is 30.3 Å². The molecular formula is C14H19N3O6S. The van der Waals surface area contributed by atoms with Crippen molar-refractivity contribution < 1.29 is 26.6 Å². The zero-order valence-corrected chi connectivity index (χ0v) is 13.9. The van der Waals surface area contributed by atoms with E-state index < -0.39 is 28.6 Å². The molecule has 1 heterocycles. The third-order valence-electron chi connectivity index (χ3n) is 3.83. The molecule has 9 nitrogen and oxygen atoms in total. The van der Waals surface area contributed by atoms with Crippen molar-refractivity contribution in [3.05, 3.63) is 46.3 Å². The summed E-state index contributed by atoms with van der Waals surface area (Å²) in [6.45, 7) is 1.84. The first-order chi connectivity index (χ1) is 11.4. The molecule has 0 aromatic heterocycles. The Morgan fingerprint density at radius 3 is 2.75 bits per heavy atom. The van der Waals surface area contributed by atoms with Crippen molar-refractivity contribution in [3.63, 3.8) is 0 Å². The first-order valence-electron chi connectivity index (χ1n) is 7.34. The minimum atomic E-state index is -4.55. The third-order valence-corrected chi connectivity index (χ3v) is 4.27. The number of nitrogens with zero attached hydrogens (tertiary/aromatic N) is 3. The molecule has 1 aromatic rings. The molecule has 1 aromatic carbocycles. The van der Waals surface area contributed by atoms with E-state index >= 15 is 0 Å². The Morgan fingerprint density at radius 2 is 2.12 bits per heavy atom. The summed E-state index contributed by atoms with van der Waals surface area (Å²) < 4.78 is 45.9. The van der Waals surface area contributed by atoms with Gasteiger partial charge in [0.15, 0.2) is 0 Å². The molecule has 3 unspecified atom stereocenters. The van der Waals surface area contributed by atoms with Gasteiger partial charge in [-0.2, -0.15) is 8.42 Å². The van der Waals surface area contributed by atoms with Gasteiger partial charge in [0, 0.05) is 10.8 Å². The van der Waals surface area contributed by atoms with E-state index in [-0.39, 0.29) is 19.1 Å². The second-order valence-electron chi connectivity index (χ2n) is 5.48. The van der Waals surface area contributed by atoms with Crippen LogP contribution in [0.3, 0.4) is 0 Å². The Bertz CT molecular complexity index is 677. The van der Waals surface area contributed by atoms with Crippen LogP contribution in [0.1, 0.15) is 12.5 Å². The molecule has 24 heavy (non-hydrogen) atoms. The fourth-order valence-corrected chi connectivity index (χ4v) is 2.88. The fourth-order valence-electron chi connectivity index (χ4n) is 2.58. The second-order valence-corrected chi connectivity index (χ2v) is 6.57. The van der Waals surface area contributed by atoms with Crippen LogP contribution in [0.4, 0.5) is 0 Å². The third kappa shape index (κ3) is 5.45. The maximum atomic E-state index is 10.7. The predicted molar refractivity (Wildman–Crippen MR) is 84.4 cm³/mol. The summed E-state index contributed by atoms with van der Waals surface area (Å²) in [5.41, 5.74) is 9.65. The number of azide groups is 1. The lowest BCUT2D eigenvalue weighted by atomic mass is 9.90. The van der Waals surface area contributed by atoms with Crippen LogP contribution in [-0.4, -0.2) is 44.4 Å². The van der Waals surface area contributed by atoms with Gasteiger partial charge in [0.05, 0.1) is 38.1 Å². The molecule has 0 amide bonds. The molecule has 0 radical (unpaired) electrons. The molecular weight excluding hydrogens is 338 g/mol. The molecule has 1 aliphatic heterocycles. The van der Waals surface area contributed by atoms with Crippen molar-refractivity contribution in [2.75, 3.05) is 13.2 Å². The van der Waals surface area contributed by atoms with Gasteiger partial charge in [0.25, 0.3) is 0 Å². The molecule has 1 aliphatic rings. The van der Waals surface area contributed by atoms with Crippen LogP contribution >= 0.6 is 0 Å². The highest BCUT2D eigenvalue weighted by atomic mass is 32.3. The highest BCUT2D eigenvalue weighted by Gasteiger charge is 2.39. The van der Waals surface area contributed by atoms with Gasteiger partial charge < -0.3 is 9.47 Å². The number of hydrogen-bond acceptors (Lipinski definition) is 6. The van der Waals surface area contributed by atoms with Crippen LogP contribution < -0.4 is 0 Å². The van der Waals surface area contributed by atoms with Gasteiger partial charge in [-0.15, -0.1) is 0 Å². The van der Waals surface area contributed by atoms with Crippen LogP contribution in [0.5, 0.6) is 0 Å². The summed E-state index contributed by atoms with van der Waals surface area (Å²) in [4.78, 5) is 2.81. The van der Waals surface area contributed by atoms with E-state index in [9.17, 15) is 8.42 Å². The summed E-state index contributed by atoms with van der Waals surface area (Å²) in [5, 5.41) is 3.69. The standard InChI is InChI=1S/C14H19N3O6S/c1-10-13(9-23-24(18,19)20)21-8-12(16-17-15)14(10)22-7-11-5-3-2-4-6-11/h2-6,10,12-14H,7-9H2,1H3,(H,18,19,20)/t10-,12?,13?,14?/m1/s1. The van der Waals surface area contributed by atoms with E-state index in [2.05, 4.69) is 14.2 Å². The van der Waals surface area contributed by atoms with Crippen molar-refractivity contribution in [2.45, 2.75) is 31.8 Å². The summed E-state index contributed by atoms with van der Waals surface area (Å²) >= 11 is 0. The average molecular weight is 357 g/mol. The van der Waals surface area contributed by atoms with E-state index in [1.54, 1.807) is 6.92 Å². The van der Waals surface area contributed by atoms with E-state index in [0.29, 0.717) is 6.61 Å². The minimum absolute atomic E-state index is 0.0767. The van der Waals surface area contributed by atoms with Crippen LogP contribution in [0.25, 0.3) is 10.4 Å². The van der Waals surface area contributed by atoms with Gasteiger partial charge >= 0.3 is 10.4 Å². The Kier molecular flexibility index (Phi) is 6.55. The highest BCUT2D eigenvalue weighted by Crippen LogP contribution is 2.27. The highest BCUT2D eigenvalue weighted by molar-refractivity contribution is 7.80. The molecule has 1 fully saturated rings. The van der Waals surface area contributed by atoms with Gasteiger partial charge in [0.1, 0.15) is 0 Å². The monoisotopic (exact) mass is 357 g/mol. The zero-order valence-electron chi connectivity index (χ0n) is 13.1. The second kappa shape index (κ2) is 8.43. The molecule has 1 saturated heterocycles. The van der Waals surface area contributed by atoms with Crippen LogP contribution in [0, 0.1) is 5.92 Å². The quantitative estimate of drug-likeness (QED) is 0.344. The Morgan fingerprint density at radius 1 is 1.42 bits per heavy atom. The molecule has 2 rings (SSSR count). The first-order valence-corrected chi connectivity index (χ1v) is 8.70. The number of rotatable bonds is 7. The van der Waals surface area contributed by atoms with Gasteiger partial charge in [-0.3, -0.25) is 4.55 Å². The van der Waals surface area contributed by atoms with Crippen LogP contribution in [-0.2, 0) is 30.7 Å². The Labute approximate surface area is 140 Å². The molecule has 0 spiro atoms. The minimum Gasteiger partial charge on any atom is -0.375 e. The number of benzene rings is 1. The molecule has 10 heteroatoms. The van der Waals surface area contributed by atoms with Gasteiger partial charge in [-0.25, -0.2) is 4.18 Å². The number of ether oxygens (including phenoxy) is 2. The van der Waals surface area contributed by atoms with Crippen LogP contribution in [0.2, 0.25) is 0 Å². The fraction of sp³-hybridized carbons (Fsp3) is 0.571. The summed E-state index contributed by atoms with van der Waals surface area (Å²) in [6.07, 6.45) is -1.08. The molecule has 1 N–H and O–H groups in total. The predicted octanol–water partition coefficient (Wildman–Crippen LogP) is 2.10. The van der Waals surface area contributed by atoms with Gasteiger partial charge in [-0.05, 0) is 11.1 Å². The normalized spacial score (nSPS) is 27.4. The molecule has 0 bridgehead atoms. The largest absolute Gasteiger partial charge is 0.397 e. The van der Waals surface area contributed by atoms with Crippen LogP contribution in [0.15, 0.2) is 35.4 Å².